The van der Waals surface area contributed by atoms with E-state index < -0.39 is 11.2 Å². The first-order chi connectivity index (χ1) is 21.3. The van der Waals surface area contributed by atoms with E-state index in [9.17, 15) is 5.11 Å². The first kappa shape index (κ1) is 31.4. The Morgan fingerprint density at radius 1 is 0.773 bits per heavy atom. The van der Waals surface area contributed by atoms with Crippen LogP contribution in [0.15, 0.2) is 24.3 Å². The van der Waals surface area contributed by atoms with Crippen molar-refractivity contribution >= 4 is 0 Å². The lowest BCUT2D eigenvalue weighted by molar-refractivity contribution is -0.249. The van der Waals surface area contributed by atoms with Gasteiger partial charge in [-0.15, -0.1) is 0 Å². The number of aliphatic hydroxyl groups is 1. The Balaban J connectivity index is 1.09. The van der Waals surface area contributed by atoms with Crippen molar-refractivity contribution in [2.45, 2.75) is 115 Å². The fraction of sp³-hybridized carbons (Fsp3) is 0.842. The molecule has 4 saturated carbocycles. The molecule has 6 aliphatic rings. The summed E-state index contributed by atoms with van der Waals surface area (Å²) < 4.78 is 19.3. The van der Waals surface area contributed by atoms with Gasteiger partial charge in [0.1, 0.15) is 11.4 Å². The van der Waals surface area contributed by atoms with Gasteiger partial charge in [-0.05, 0) is 151 Å². The zero-order valence-electron chi connectivity index (χ0n) is 28.0. The Hall–Kier alpha value is -1.18. The Labute approximate surface area is 267 Å². The third kappa shape index (κ3) is 5.18. The van der Waals surface area contributed by atoms with E-state index in [2.05, 4.69) is 47.9 Å². The van der Waals surface area contributed by atoms with E-state index in [-0.39, 0.29) is 5.41 Å². The van der Waals surface area contributed by atoms with Crippen LogP contribution in [0.1, 0.15) is 103 Å². The van der Waals surface area contributed by atoms with Crippen molar-refractivity contribution in [1.82, 2.24) is 9.80 Å². The van der Waals surface area contributed by atoms with Gasteiger partial charge in [-0.25, -0.2) is 0 Å². The Morgan fingerprint density at radius 3 is 2.14 bits per heavy atom. The monoisotopic (exact) mass is 608 g/mol. The molecule has 6 fully saturated rings. The molecule has 44 heavy (non-hydrogen) atoms. The summed E-state index contributed by atoms with van der Waals surface area (Å²) in [5.74, 6) is 2.52. The van der Waals surface area contributed by atoms with Crippen LogP contribution in [0.4, 0.5) is 0 Å². The highest BCUT2D eigenvalue weighted by Crippen LogP contribution is 2.72. The molecule has 2 saturated heterocycles. The normalized spacial score (nSPS) is 42.6. The number of benzene rings is 1. The molecule has 6 nitrogen and oxygen atoms in total. The molecule has 2 heterocycles. The number of likely N-dealkylation sites (tertiary alicyclic amines) is 2. The lowest BCUT2D eigenvalue weighted by Gasteiger charge is -2.65. The van der Waals surface area contributed by atoms with Gasteiger partial charge in [-0.1, -0.05) is 26.0 Å². The van der Waals surface area contributed by atoms with E-state index in [0.29, 0.717) is 29.3 Å². The number of ether oxygens (including phenoxy) is 3. The van der Waals surface area contributed by atoms with Crippen molar-refractivity contribution in [3.8, 4) is 5.75 Å². The molecule has 0 bridgehead atoms. The van der Waals surface area contributed by atoms with Crippen LogP contribution in [-0.2, 0) is 15.1 Å². The van der Waals surface area contributed by atoms with Crippen molar-refractivity contribution in [1.29, 1.82) is 0 Å². The van der Waals surface area contributed by atoms with Gasteiger partial charge in [0.15, 0.2) is 0 Å². The minimum atomic E-state index is -0.708. The molecule has 0 aromatic heterocycles. The maximum Gasteiger partial charge on any atom is 0.118 e. The maximum absolute atomic E-state index is 13.1. The molecule has 0 spiro atoms. The van der Waals surface area contributed by atoms with Crippen molar-refractivity contribution < 1.29 is 19.3 Å². The highest BCUT2D eigenvalue weighted by Gasteiger charge is 2.72. The summed E-state index contributed by atoms with van der Waals surface area (Å²) in [6.45, 7) is 13.6. The molecule has 7 rings (SSSR count). The second kappa shape index (κ2) is 12.4. The zero-order chi connectivity index (χ0) is 30.4. The van der Waals surface area contributed by atoms with Crippen LogP contribution in [0.3, 0.4) is 0 Å². The summed E-state index contributed by atoms with van der Waals surface area (Å²) in [7, 11) is 1.74. The maximum atomic E-state index is 13.1. The second-order valence-corrected chi connectivity index (χ2v) is 16.1. The average molecular weight is 609 g/mol. The van der Waals surface area contributed by atoms with Crippen molar-refractivity contribution in [3.63, 3.8) is 0 Å². The van der Waals surface area contributed by atoms with E-state index in [1.165, 1.54) is 89.5 Å². The lowest BCUT2D eigenvalue weighted by atomic mass is 9.42. The van der Waals surface area contributed by atoms with Crippen LogP contribution >= 0.6 is 0 Å². The molecule has 0 radical (unpaired) electrons. The average Bonchev–Trinajstić information content (AvgIpc) is 3.80. The molecule has 4 aliphatic carbocycles. The standard InChI is InChI=1S/C38H60N2O4/c1-35-16-14-32(43-26-24-39-20-4-5-21-39)28-30(35)10-13-34-33(35)15-17-36(2)37(34,41)18-19-38(36,29-8-11-31(42-3)12-9-29)44-27-25-40-22-6-7-23-40/h8-9,11-12,30,32-34,41H,4-7,10,13-28H2,1-3H3/t30-,32-,33-,34+,35-,36-,37-,38+/m0/s1. The highest BCUT2D eigenvalue weighted by atomic mass is 16.5. The van der Waals surface area contributed by atoms with Gasteiger partial charge in [0, 0.05) is 18.5 Å². The number of hydrogen-bond acceptors (Lipinski definition) is 6. The predicted molar refractivity (Wildman–Crippen MR) is 175 cm³/mol. The number of fused-ring (bicyclic) bond motifs is 5. The van der Waals surface area contributed by atoms with Gasteiger partial charge in [0.25, 0.3) is 0 Å². The van der Waals surface area contributed by atoms with Gasteiger partial charge in [-0.3, -0.25) is 0 Å². The Morgan fingerprint density at radius 2 is 1.45 bits per heavy atom. The summed E-state index contributed by atoms with van der Waals surface area (Å²) in [4.78, 5) is 5.12. The third-order valence-electron chi connectivity index (χ3n) is 14.4. The van der Waals surface area contributed by atoms with Gasteiger partial charge in [-0.2, -0.15) is 0 Å². The van der Waals surface area contributed by atoms with Crippen LogP contribution in [0, 0.1) is 28.6 Å². The molecule has 2 aliphatic heterocycles. The quantitative estimate of drug-likeness (QED) is 0.321. The fourth-order valence-electron chi connectivity index (χ4n) is 11.7. The number of methoxy groups -OCH3 is 1. The van der Waals surface area contributed by atoms with Gasteiger partial charge < -0.3 is 29.1 Å². The summed E-state index contributed by atoms with van der Waals surface area (Å²) in [5, 5.41) is 13.1. The van der Waals surface area contributed by atoms with Gasteiger partial charge in [0.05, 0.1) is 32.0 Å². The highest BCUT2D eigenvalue weighted by molar-refractivity contribution is 5.37. The molecular weight excluding hydrogens is 548 g/mol. The third-order valence-corrected chi connectivity index (χ3v) is 14.4. The molecule has 1 aromatic carbocycles. The Bertz CT molecular complexity index is 1120. The van der Waals surface area contributed by atoms with Gasteiger partial charge in [0.2, 0.25) is 0 Å². The van der Waals surface area contributed by atoms with Crippen molar-refractivity contribution in [2.24, 2.45) is 28.6 Å². The Kier molecular flexibility index (Phi) is 8.89. The van der Waals surface area contributed by atoms with Crippen LogP contribution in [0.25, 0.3) is 0 Å². The molecule has 1 aromatic rings. The zero-order valence-corrected chi connectivity index (χ0v) is 28.0. The summed E-state index contributed by atoms with van der Waals surface area (Å²) in [6, 6.07) is 8.62. The number of hydrogen-bond donors (Lipinski definition) is 1. The van der Waals surface area contributed by atoms with Crippen molar-refractivity contribution in [2.75, 3.05) is 59.6 Å². The number of rotatable bonds is 10. The smallest absolute Gasteiger partial charge is 0.118 e. The minimum Gasteiger partial charge on any atom is -0.497 e. The second-order valence-electron chi connectivity index (χ2n) is 16.1. The fourth-order valence-corrected chi connectivity index (χ4v) is 11.7. The SMILES string of the molecule is COc1ccc([C@]2(OCCN3CCCC3)CC[C@]3(O)[C@@H]4CC[C@H]5C[C@@H](OCCN6CCCC6)CC[C@]5(C)[C@H]4CC[C@]23C)cc1. The minimum absolute atomic E-state index is 0.302. The van der Waals surface area contributed by atoms with Crippen molar-refractivity contribution in [3.05, 3.63) is 29.8 Å². The summed E-state index contributed by atoms with van der Waals surface area (Å²) in [6.07, 6.45) is 15.7. The number of nitrogens with zero attached hydrogens (tertiary/aromatic N) is 2. The first-order valence-electron chi connectivity index (χ1n) is 18.4. The van der Waals surface area contributed by atoms with Gasteiger partial charge >= 0.3 is 0 Å². The van der Waals surface area contributed by atoms with Crippen LogP contribution < -0.4 is 4.74 Å². The lowest BCUT2D eigenvalue weighted by Crippen LogP contribution is -2.65. The molecule has 0 unspecified atom stereocenters. The summed E-state index contributed by atoms with van der Waals surface area (Å²) in [5.41, 5.74) is 0.0251. The van der Waals surface area contributed by atoms with E-state index in [0.717, 1.165) is 57.7 Å². The summed E-state index contributed by atoms with van der Waals surface area (Å²) >= 11 is 0. The van der Waals surface area contributed by atoms with E-state index in [1.807, 2.05) is 0 Å². The molecule has 1 N–H and O–H groups in total. The van der Waals surface area contributed by atoms with Crippen LogP contribution in [0.5, 0.6) is 5.75 Å². The molecular formula is C38H60N2O4. The topological polar surface area (TPSA) is 54.4 Å². The first-order valence-corrected chi connectivity index (χ1v) is 18.4. The largest absolute Gasteiger partial charge is 0.497 e. The van der Waals surface area contributed by atoms with E-state index in [4.69, 9.17) is 14.2 Å². The van der Waals surface area contributed by atoms with E-state index in [1.54, 1.807) is 7.11 Å². The van der Waals surface area contributed by atoms with E-state index >= 15 is 0 Å². The molecule has 0 amide bonds. The van der Waals surface area contributed by atoms with Crippen LogP contribution in [0.2, 0.25) is 0 Å². The molecule has 8 atom stereocenters. The molecule has 246 valence electrons. The molecule has 6 heteroatoms. The van der Waals surface area contributed by atoms with Crippen LogP contribution in [-0.4, -0.2) is 86.2 Å². The predicted octanol–water partition coefficient (Wildman–Crippen LogP) is 6.64.